The van der Waals surface area contributed by atoms with Crippen molar-refractivity contribution in [1.29, 1.82) is 0 Å². The molecule has 5 N–H and O–H groups in total. The molecule has 2 atom stereocenters. The summed E-state index contributed by atoms with van der Waals surface area (Å²) >= 11 is 0. The summed E-state index contributed by atoms with van der Waals surface area (Å²) < 4.78 is 0. The Balaban J connectivity index is 1.73. The average molecular weight is 248 g/mol. The zero-order valence-corrected chi connectivity index (χ0v) is 10.6. The predicted molar refractivity (Wildman–Crippen MR) is 71.5 cm³/mol. The molecule has 0 aliphatic carbocycles. The summed E-state index contributed by atoms with van der Waals surface area (Å²) in [6.45, 7) is 2.08. The van der Waals surface area contributed by atoms with Crippen molar-refractivity contribution in [3.8, 4) is 0 Å². The molecule has 1 aromatic carbocycles. The number of carbonyl (C=O) groups excluding carboxylic acids is 1. The molecule has 1 amide bonds. The molecule has 0 aromatic heterocycles. The van der Waals surface area contributed by atoms with Crippen LogP contribution in [0.5, 0.6) is 0 Å². The van der Waals surface area contributed by atoms with Gasteiger partial charge in [-0.15, -0.1) is 0 Å². The number of amides is 1. The molecule has 1 aromatic rings. The van der Waals surface area contributed by atoms with Gasteiger partial charge in [0.05, 0.1) is 6.17 Å². The fourth-order valence-electron chi connectivity index (χ4n) is 2.02. The lowest BCUT2D eigenvalue weighted by molar-refractivity contribution is -0.121. The van der Waals surface area contributed by atoms with Gasteiger partial charge in [-0.1, -0.05) is 12.1 Å². The van der Waals surface area contributed by atoms with E-state index in [4.69, 9.17) is 5.73 Å². The lowest BCUT2D eigenvalue weighted by Crippen LogP contribution is -2.44. The molecule has 98 valence electrons. The molecule has 18 heavy (non-hydrogen) atoms. The Hall–Kier alpha value is -1.59. The van der Waals surface area contributed by atoms with E-state index in [1.165, 1.54) is 0 Å². The molecule has 0 bridgehead atoms. The minimum atomic E-state index is 0.0407. The molecule has 2 rings (SSSR count). The van der Waals surface area contributed by atoms with Gasteiger partial charge in [0.25, 0.3) is 0 Å². The van der Waals surface area contributed by atoms with E-state index in [9.17, 15) is 4.79 Å². The highest BCUT2D eigenvalue weighted by molar-refractivity contribution is 5.76. The maximum atomic E-state index is 11.7. The first kappa shape index (κ1) is 12.9. The number of hydrogen-bond donors (Lipinski definition) is 4. The molecule has 1 aliphatic rings. The van der Waals surface area contributed by atoms with Crippen molar-refractivity contribution in [3.63, 3.8) is 0 Å². The van der Waals surface area contributed by atoms with E-state index in [1.807, 2.05) is 24.3 Å². The third-order valence-corrected chi connectivity index (χ3v) is 3.05. The Morgan fingerprint density at radius 2 is 2.11 bits per heavy atom. The molecule has 1 fully saturated rings. The minimum absolute atomic E-state index is 0.0407. The average Bonchev–Trinajstić information content (AvgIpc) is 2.74. The highest BCUT2D eigenvalue weighted by atomic mass is 16.1. The third-order valence-electron chi connectivity index (χ3n) is 3.05. The second kappa shape index (κ2) is 5.84. The number of anilines is 1. The second-order valence-corrected chi connectivity index (χ2v) is 4.79. The summed E-state index contributed by atoms with van der Waals surface area (Å²) in [5.41, 5.74) is 13.6. The second-order valence-electron chi connectivity index (χ2n) is 4.79. The molecular weight excluding hydrogens is 228 g/mol. The number of nitrogen functional groups attached to an aromatic ring is 1. The normalized spacial score (nSPS) is 22.9. The van der Waals surface area contributed by atoms with Gasteiger partial charge in [-0.25, -0.2) is 5.43 Å². The molecule has 0 spiro atoms. The van der Waals surface area contributed by atoms with Crippen molar-refractivity contribution in [2.75, 3.05) is 5.73 Å². The van der Waals surface area contributed by atoms with Crippen LogP contribution >= 0.6 is 0 Å². The van der Waals surface area contributed by atoms with Gasteiger partial charge in [-0.2, -0.15) is 0 Å². The van der Waals surface area contributed by atoms with Gasteiger partial charge in [-0.05, 0) is 37.5 Å². The largest absolute Gasteiger partial charge is 0.399 e. The summed E-state index contributed by atoms with van der Waals surface area (Å²) in [5, 5.41) is 2.95. The molecule has 1 saturated heterocycles. The van der Waals surface area contributed by atoms with E-state index in [1.54, 1.807) is 0 Å². The van der Waals surface area contributed by atoms with Gasteiger partial charge in [0.15, 0.2) is 0 Å². The van der Waals surface area contributed by atoms with Crippen molar-refractivity contribution in [3.05, 3.63) is 29.8 Å². The molecular formula is C13H20N4O. The number of rotatable bonds is 4. The Morgan fingerprint density at radius 1 is 1.39 bits per heavy atom. The lowest BCUT2D eigenvalue weighted by Gasteiger charge is -2.11. The van der Waals surface area contributed by atoms with Crippen molar-refractivity contribution in [2.45, 2.75) is 38.4 Å². The Morgan fingerprint density at radius 3 is 2.72 bits per heavy atom. The predicted octanol–water partition coefficient (Wildman–Crippen LogP) is 0.530. The number of nitrogens with two attached hydrogens (primary N) is 1. The summed E-state index contributed by atoms with van der Waals surface area (Å²) in [5.74, 6) is 0.0697. The van der Waals surface area contributed by atoms with Crippen LogP contribution < -0.4 is 21.9 Å². The fourth-order valence-corrected chi connectivity index (χ4v) is 2.02. The first-order chi connectivity index (χ1) is 8.63. The maximum Gasteiger partial charge on any atom is 0.221 e. The van der Waals surface area contributed by atoms with Crippen molar-refractivity contribution in [1.82, 2.24) is 16.2 Å². The topological polar surface area (TPSA) is 79.2 Å². The van der Waals surface area contributed by atoms with Crippen molar-refractivity contribution in [2.24, 2.45) is 0 Å². The smallest absolute Gasteiger partial charge is 0.221 e. The third kappa shape index (κ3) is 3.72. The molecule has 1 aliphatic heterocycles. The van der Waals surface area contributed by atoms with E-state index in [2.05, 4.69) is 23.1 Å². The zero-order valence-electron chi connectivity index (χ0n) is 10.6. The summed E-state index contributed by atoms with van der Waals surface area (Å²) in [4.78, 5) is 11.7. The van der Waals surface area contributed by atoms with E-state index in [0.29, 0.717) is 12.5 Å². The van der Waals surface area contributed by atoms with E-state index in [0.717, 1.165) is 24.1 Å². The Kier molecular flexibility index (Phi) is 4.17. The first-order valence-corrected chi connectivity index (χ1v) is 6.28. The zero-order chi connectivity index (χ0) is 13.0. The highest BCUT2D eigenvalue weighted by Crippen LogP contribution is 2.08. The Bertz CT molecular complexity index is 404. The number of benzene rings is 1. The van der Waals surface area contributed by atoms with Crippen molar-refractivity contribution >= 4 is 11.6 Å². The van der Waals surface area contributed by atoms with Crippen LogP contribution in [0.2, 0.25) is 0 Å². The monoisotopic (exact) mass is 248 g/mol. The summed E-state index contributed by atoms with van der Waals surface area (Å²) in [7, 11) is 0. The van der Waals surface area contributed by atoms with E-state index < -0.39 is 0 Å². The lowest BCUT2D eigenvalue weighted by atomic mass is 10.1. The van der Waals surface area contributed by atoms with E-state index in [-0.39, 0.29) is 12.1 Å². The van der Waals surface area contributed by atoms with Gasteiger partial charge in [0, 0.05) is 18.2 Å². The molecule has 1 heterocycles. The van der Waals surface area contributed by atoms with Gasteiger partial charge in [0.2, 0.25) is 5.91 Å². The van der Waals surface area contributed by atoms with E-state index >= 15 is 0 Å². The van der Waals surface area contributed by atoms with Crippen LogP contribution in [-0.4, -0.2) is 18.1 Å². The molecule has 0 radical (unpaired) electrons. The molecule has 2 unspecified atom stereocenters. The first-order valence-electron chi connectivity index (χ1n) is 6.28. The Labute approximate surface area is 107 Å². The number of aryl methyl sites for hydroxylation is 1. The van der Waals surface area contributed by atoms with Crippen LogP contribution in [0.1, 0.15) is 25.3 Å². The number of carbonyl (C=O) groups is 1. The van der Waals surface area contributed by atoms with Gasteiger partial charge in [0.1, 0.15) is 0 Å². The van der Waals surface area contributed by atoms with Crippen LogP contribution in [0, 0.1) is 0 Å². The van der Waals surface area contributed by atoms with Crippen molar-refractivity contribution < 1.29 is 4.79 Å². The standard InChI is InChI=1S/C13H20N4O/c1-9-8-12(17-16-9)15-13(18)7-4-10-2-5-11(14)6-3-10/h2-3,5-6,9,12,16-17H,4,7-8,14H2,1H3,(H,15,18). The molecule has 0 saturated carbocycles. The molecule has 5 heteroatoms. The molecule has 5 nitrogen and oxygen atoms in total. The number of hydrazine groups is 1. The van der Waals surface area contributed by atoms with Gasteiger partial charge < -0.3 is 11.1 Å². The number of hydrogen-bond acceptors (Lipinski definition) is 4. The summed E-state index contributed by atoms with van der Waals surface area (Å²) in [6, 6.07) is 8.03. The van der Waals surface area contributed by atoms with Crippen LogP contribution in [0.15, 0.2) is 24.3 Å². The van der Waals surface area contributed by atoms with Crippen LogP contribution in [0.25, 0.3) is 0 Å². The van der Waals surface area contributed by atoms with Crippen LogP contribution in [-0.2, 0) is 11.2 Å². The highest BCUT2D eigenvalue weighted by Gasteiger charge is 2.21. The summed E-state index contributed by atoms with van der Waals surface area (Å²) in [6.07, 6.45) is 2.19. The van der Waals surface area contributed by atoms with Gasteiger partial charge in [-0.3, -0.25) is 10.2 Å². The fraction of sp³-hybridized carbons (Fsp3) is 0.462. The van der Waals surface area contributed by atoms with Crippen LogP contribution in [0.3, 0.4) is 0 Å². The number of nitrogens with one attached hydrogen (secondary N) is 3. The SMILES string of the molecule is CC1CC(NC(=O)CCc2ccc(N)cc2)NN1. The van der Waals surface area contributed by atoms with Gasteiger partial charge >= 0.3 is 0 Å². The maximum absolute atomic E-state index is 11.7. The quantitative estimate of drug-likeness (QED) is 0.586. The van der Waals surface area contributed by atoms with Crippen LogP contribution in [0.4, 0.5) is 5.69 Å². The minimum Gasteiger partial charge on any atom is -0.399 e.